The van der Waals surface area contributed by atoms with Crippen molar-refractivity contribution in [3.8, 4) is 0 Å². The smallest absolute Gasteiger partial charge is 0.155 e. The van der Waals surface area contributed by atoms with E-state index < -0.39 is 0 Å². The lowest BCUT2D eigenvalue weighted by Crippen LogP contribution is -2.24. The summed E-state index contributed by atoms with van der Waals surface area (Å²) in [4.78, 5) is 0. The van der Waals surface area contributed by atoms with E-state index in [1.165, 1.54) is 64.2 Å². The molecule has 0 rings (SSSR count). The van der Waals surface area contributed by atoms with E-state index in [4.69, 9.17) is 14.2 Å². The fourth-order valence-corrected chi connectivity index (χ4v) is 2.58. The maximum absolute atomic E-state index is 5.67. The van der Waals surface area contributed by atoms with Crippen LogP contribution in [0.5, 0.6) is 0 Å². The van der Waals surface area contributed by atoms with Gasteiger partial charge in [0, 0.05) is 13.2 Å². The van der Waals surface area contributed by atoms with Gasteiger partial charge < -0.3 is 14.2 Å². The predicted octanol–water partition coefficient (Wildman–Crippen LogP) is 5.71. The second-order valence-electron chi connectivity index (χ2n) is 6.23. The highest BCUT2D eigenvalue weighted by molar-refractivity contribution is 4.50. The standard InChI is InChI=1S/C19H40O3/c1-5-7-8-9-10-11-12-13-14-15-16-20-17-18(3)22-19(4)21-6-2/h18-19H,5-17H2,1-4H3/t18-,19-/m0/s1. The average Bonchev–Trinajstić information content (AvgIpc) is 2.48. The summed E-state index contributed by atoms with van der Waals surface area (Å²) >= 11 is 0. The molecule has 0 unspecified atom stereocenters. The molecule has 0 amide bonds. The molecule has 0 spiro atoms. The zero-order chi connectivity index (χ0) is 16.5. The van der Waals surface area contributed by atoms with Crippen molar-refractivity contribution in [1.82, 2.24) is 0 Å². The molecule has 3 nitrogen and oxygen atoms in total. The topological polar surface area (TPSA) is 27.7 Å². The van der Waals surface area contributed by atoms with Crippen molar-refractivity contribution in [2.75, 3.05) is 19.8 Å². The number of rotatable bonds is 17. The SMILES string of the molecule is CCCCCCCCCCCCOC[C@H](C)O[C@@H](C)OCC. The van der Waals surface area contributed by atoms with Crippen molar-refractivity contribution in [1.29, 1.82) is 0 Å². The molecule has 2 atom stereocenters. The average molecular weight is 317 g/mol. The van der Waals surface area contributed by atoms with Crippen molar-refractivity contribution in [3.05, 3.63) is 0 Å². The van der Waals surface area contributed by atoms with Gasteiger partial charge in [-0.3, -0.25) is 0 Å². The Labute approximate surface area is 139 Å². The third-order valence-corrected chi connectivity index (χ3v) is 3.82. The summed E-state index contributed by atoms with van der Waals surface area (Å²) in [6.45, 7) is 10.4. The number of unbranched alkanes of at least 4 members (excludes halogenated alkanes) is 9. The van der Waals surface area contributed by atoms with Crippen LogP contribution in [0.3, 0.4) is 0 Å². The summed E-state index contributed by atoms with van der Waals surface area (Å²) in [5.74, 6) is 0. The van der Waals surface area contributed by atoms with Crippen molar-refractivity contribution >= 4 is 0 Å². The molecule has 3 heteroatoms. The molecule has 0 radical (unpaired) electrons. The van der Waals surface area contributed by atoms with E-state index in [9.17, 15) is 0 Å². The maximum atomic E-state index is 5.67. The number of hydrogen-bond acceptors (Lipinski definition) is 3. The largest absolute Gasteiger partial charge is 0.379 e. The molecule has 0 fully saturated rings. The fourth-order valence-electron chi connectivity index (χ4n) is 2.58. The van der Waals surface area contributed by atoms with Gasteiger partial charge in [0.2, 0.25) is 0 Å². The monoisotopic (exact) mass is 316 g/mol. The molecular formula is C19H40O3. The molecule has 0 aliphatic heterocycles. The van der Waals surface area contributed by atoms with Crippen LogP contribution in [0.4, 0.5) is 0 Å². The molecule has 0 aromatic rings. The number of hydrogen-bond donors (Lipinski definition) is 0. The minimum absolute atomic E-state index is 0.102. The lowest BCUT2D eigenvalue weighted by atomic mass is 10.1. The molecule has 0 aromatic carbocycles. The molecule has 0 aliphatic carbocycles. The van der Waals surface area contributed by atoms with Gasteiger partial charge in [0.1, 0.15) is 0 Å². The minimum Gasteiger partial charge on any atom is -0.379 e. The van der Waals surface area contributed by atoms with Gasteiger partial charge in [-0.15, -0.1) is 0 Å². The summed E-state index contributed by atoms with van der Waals surface area (Å²) in [5.41, 5.74) is 0. The summed E-state index contributed by atoms with van der Waals surface area (Å²) < 4.78 is 16.7. The van der Waals surface area contributed by atoms with Gasteiger partial charge in [-0.2, -0.15) is 0 Å². The Balaban J connectivity index is 3.16. The Hall–Kier alpha value is -0.120. The van der Waals surface area contributed by atoms with Crippen LogP contribution in [0, 0.1) is 0 Å². The molecule has 0 aliphatic rings. The Morgan fingerprint density at radius 2 is 1.27 bits per heavy atom. The van der Waals surface area contributed by atoms with E-state index in [1.54, 1.807) is 0 Å². The zero-order valence-electron chi connectivity index (χ0n) is 15.6. The van der Waals surface area contributed by atoms with Crippen LogP contribution in [0.2, 0.25) is 0 Å². The van der Waals surface area contributed by atoms with Crippen LogP contribution < -0.4 is 0 Å². The summed E-state index contributed by atoms with van der Waals surface area (Å²) in [6, 6.07) is 0. The Morgan fingerprint density at radius 3 is 1.82 bits per heavy atom. The van der Waals surface area contributed by atoms with Crippen LogP contribution in [0.1, 0.15) is 91.9 Å². The van der Waals surface area contributed by atoms with Gasteiger partial charge in [0.05, 0.1) is 12.7 Å². The van der Waals surface area contributed by atoms with Gasteiger partial charge in [0.15, 0.2) is 6.29 Å². The molecular weight excluding hydrogens is 276 g/mol. The normalized spacial score (nSPS) is 14.2. The van der Waals surface area contributed by atoms with Gasteiger partial charge in [-0.25, -0.2) is 0 Å². The van der Waals surface area contributed by atoms with Crippen LogP contribution in [-0.4, -0.2) is 32.2 Å². The quantitative estimate of drug-likeness (QED) is 0.254. The van der Waals surface area contributed by atoms with Gasteiger partial charge >= 0.3 is 0 Å². The van der Waals surface area contributed by atoms with Crippen molar-refractivity contribution < 1.29 is 14.2 Å². The molecule has 0 saturated carbocycles. The first kappa shape index (κ1) is 21.9. The molecule has 0 bridgehead atoms. The highest BCUT2D eigenvalue weighted by Crippen LogP contribution is 2.10. The lowest BCUT2D eigenvalue weighted by molar-refractivity contribution is -0.165. The lowest BCUT2D eigenvalue weighted by Gasteiger charge is -2.18. The highest BCUT2D eigenvalue weighted by atomic mass is 16.7. The van der Waals surface area contributed by atoms with Crippen molar-refractivity contribution in [3.63, 3.8) is 0 Å². The molecule has 0 aromatic heterocycles. The van der Waals surface area contributed by atoms with E-state index >= 15 is 0 Å². The van der Waals surface area contributed by atoms with Gasteiger partial charge in [-0.05, 0) is 27.2 Å². The molecule has 0 saturated heterocycles. The molecule has 22 heavy (non-hydrogen) atoms. The van der Waals surface area contributed by atoms with Crippen LogP contribution in [-0.2, 0) is 14.2 Å². The van der Waals surface area contributed by atoms with Crippen LogP contribution in [0.15, 0.2) is 0 Å². The van der Waals surface area contributed by atoms with Crippen LogP contribution in [0.25, 0.3) is 0 Å². The van der Waals surface area contributed by atoms with Crippen molar-refractivity contribution in [2.45, 2.75) is 104 Å². The molecule has 134 valence electrons. The predicted molar refractivity (Wildman–Crippen MR) is 94.3 cm³/mol. The van der Waals surface area contributed by atoms with E-state index in [0.29, 0.717) is 13.2 Å². The fraction of sp³-hybridized carbons (Fsp3) is 1.00. The third kappa shape index (κ3) is 16.3. The zero-order valence-corrected chi connectivity index (χ0v) is 15.6. The van der Waals surface area contributed by atoms with Gasteiger partial charge in [-0.1, -0.05) is 64.7 Å². The second kappa shape index (κ2) is 17.2. The van der Waals surface area contributed by atoms with E-state index in [2.05, 4.69) is 6.92 Å². The Morgan fingerprint density at radius 1 is 0.727 bits per heavy atom. The third-order valence-electron chi connectivity index (χ3n) is 3.82. The first-order valence-electron chi connectivity index (χ1n) is 9.55. The first-order valence-corrected chi connectivity index (χ1v) is 9.55. The Bertz CT molecular complexity index is 209. The maximum Gasteiger partial charge on any atom is 0.155 e. The first-order chi connectivity index (χ1) is 10.7. The highest BCUT2D eigenvalue weighted by Gasteiger charge is 2.08. The molecule has 0 N–H and O–H groups in total. The summed E-state index contributed by atoms with van der Waals surface area (Å²) in [5, 5.41) is 0. The summed E-state index contributed by atoms with van der Waals surface area (Å²) in [6.07, 6.45) is 13.6. The van der Waals surface area contributed by atoms with Crippen LogP contribution >= 0.6 is 0 Å². The molecule has 0 heterocycles. The minimum atomic E-state index is -0.138. The van der Waals surface area contributed by atoms with E-state index in [-0.39, 0.29) is 12.4 Å². The summed E-state index contributed by atoms with van der Waals surface area (Å²) in [7, 11) is 0. The van der Waals surface area contributed by atoms with E-state index in [0.717, 1.165) is 6.61 Å². The van der Waals surface area contributed by atoms with Gasteiger partial charge in [0.25, 0.3) is 0 Å². The van der Waals surface area contributed by atoms with E-state index in [1.807, 2.05) is 20.8 Å². The Kier molecular flexibility index (Phi) is 17.1. The van der Waals surface area contributed by atoms with Crippen molar-refractivity contribution in [2.24, 2.45) is 0 Å². The second-order valence-corrected chi connectivity index (χ2v) is 6.23. The number of ether oxygens (including phenoxy) is 3.